The van der Waals surface area contributed by atoms with Crippen LogP contribution in [0.4, 0.5) is 0 Å². The van der Waals surface area contributed by atoms with E-state index in [9.17, 15) is 0 Å². The molecule has 1 heterocycles. The lowest BCUT2D eigenvalue weighted by molar-refractivity contribution is 0.180. The Morgan fingerprint density at radius 1 is 1.19 bits per heavy atom. The summed E-state index contributed by atoms with van der Waals surface area (Å²) >= 11 is 0. The number of rotatable bonds is 8. The Morgan fingerprint density at radius 2 is 2.00 bits per heavy atom. The summed E-state index contributed by atoms with van der Waals surface area (Å²) in [7, 11) is 0. The highest BCUT2D eigenvalue weighted by Crippen LogP contribution is 2.15. The number of hydrogen-bond donors (Lipinski definition) is 1. The van der Waals surface area contributed by atoms with Crippen molar-refractivity contribution in [2.24, 2.45) is 5.92 Å². The third-order valence-corrected chi connectivity index (χ3v) is 3.57. The second kappa shape index (κ2) is 9.00. The molecular weight excluding hydrogens is 196 g/mol. The van der Waals surface area contributed by atoms with E-state index in [0.717, 1.165) is 12.5 Å². The molecule has 1 saturated heterocycles. The van der Waals surface area contributed by atoms with E-state index in [0.29, 0.717) is 0 Å². The maximum absolute atomic E-state index is 3.38. The zero-order valence-electron chi connectivity index (χ0n) is 11.3. The number of nitrogens with one attached hydrogen (secondary N) is 1. The van der Waals surface area contributed by atoms with E-state index in [4.69, 9.17) is 0 Å². The van der Waals surface area contributed by atoms with Gasteiger partial charge in [-0.25, -0.2) is 0 Å². The van der Waals surface area contributed by atoms with Crippen LogP contribution in [-0.2, 0) is 0 Å². The zero-order valence-corrected chi connectivity index (χ0v) is 11.3. The fourth-order valence-corrected chi connectivity index (χ4v) is 2.61. The summed E-state index contributed by atoms with van der Waals surface area (Å²) in [6.07, 6.45) is 8.43. The van der Waals surface area contributed by atoms with Gasteiger partial charge in [-0.05, 0) is 57.8 Å². The van der Waals surface area contributed by atoms with Crippen LogP contribution in [0.15, 0.2) is 0 Å². The second-order valence-corrected chi connectivity index (χ2v) is 5.32. The molecule has 1 unspecified atom stereocenters. The lowest BCUT2D eigenvalue weighted by Gasteiger charge is -2.30. The first kappa shape index (κ1) is 14.0. The smallest absolute Gasteiger partial charge is 0.000703 e. The van der Waals surface area contributed by atoms with Gasteiger partial charge in [0, 0.05) is 6.54 Å². The number of likely N-dealkylation sites (tertiary alicyclic amines) is 1. The zero-order chi connectivity index (χ0) is 11.6. The maximum atomic E-state index is 3.38. The van der Waals surface area contributed by atoms with Crippen LogP contribution in [0.25, 0.3) is 0 Å². The highest BCUT2D eigenvalue weighted by atomic mass is 15.1. The number of hydrogen-bond acceptors (Lipinski definition) is 2. The molecule has 96 valence electrons. The Bertz CT molecular complexity index is 159. The molecule has 0 aromatic carbocycles. The van der Waals surface area contributed by atoms with Crippen molar-refractivity contribution in [3.8, 4) is 0 Å². The van der Waals surface area contributed by atoms with Gasteiger partial charge in [0.15, 0.2) is 0 Å². The van der Waals surface area contributed by atoms with Gasteiger partial charge in [0.25, 0.3) is 0 Å². The summed E-state index contributed by atoms with van der Waals surface area (Å²) in [5.74, 6) is 0.933. The number of nitrogens with zero attached hydrogens (tertiary/aromatic N) is 1. The standard InChI is InChI=1S/C14H30N2/c1-3-15-10-6-4-5-7-11-16-12-8-9-14(2)13-16/h14-15H,3-13H2,1-2H3. The molecule has 1 aliphatic heterocycles. The topological polar surface area (TPSA) is 15.3 Å². The SMILES string of the molecule is CCNCCCCCCN1CCCC(C)C1. The van der Waals surface area contributed by atoms with Crippen LogP contribution in [-0.4, -0.2) is 37.6 Å². The number of piperidine rings is 1. The van der Waals surface area contributed by atoms with E-state index in [1.807, 2.05) is 0 Å². The van der Waals surface area contributed by atoms with Gasteiger partial charge in [-0.15, -0.1) is 0 Å². The molecule has 0 aromatic rings. The molecule has 0 radical (unpaired) electrons. The summed E-state index contributed by atoms with van der Waals surface area (Å²) in [6, 6.07) is 0. The fourth-order valence-electron chi connectivity index (χ4n) is 2.61. The van der Waals surface area contributed by atoms with Gasteiger partial charge in [-0.3, -0.25) is 0 Å². The van der Waals surface area contributed by atoms with Gasteiger partial charge in [-0.2, -0.15) is 0 Å². The summed E-state index contributed by atoms with van der Waals surface area (Å²) < 4.78 is 0. The van der Waals surface area contributed by atoms with Crippen LogP contribution < -0.4 is 5.32 Å². The average Bonchev–Trinajstić information content (AvgIpc) is 2.28. The Morgan fingerprint density at radius 3 is 2.75 bits per heavy atom. The van der Waals surface area contributed by atoms with Crippen molar-refractivity contribution in [1.82, 2.24) is 10.2 Å². The molecule has 0 bridgehead atoms. The van der Waals surface area contributed by atoms with Crippen molar-refractivity contribution in [3.05, 3.63) is 0 Å². The third-order valence-electron chi connectivity index (χ3n) is 3.57. The molecular formula is C14H30N2. The predicted octanol–water partition coefficient (Wildman–Crippen LogP) is 2.89. The molecule has 2 heteroatoms. The lowest BCUT2D eigenvalue weighted by Crippen LogP contribution is -2.34. The lowest BCUT2D eigenvalue weighted by atomic mass is 10.00. The molecule has 1 rings (SSSR count). The van der Waals surface area contributed by atoms with E-state index < -0.39 is 0 Å². The van der Waals surface area contributed by atoms with Crippen LogP contribution in [0.2, 0.25) is 0 Å². The monoisotopic (exact) mass is 226 g/mol. The van der Waals surface area contributed by atoms with Gasteiger partial charge in [-0.1, -0.05) is 26.7 Å². The normalized spacial score (nSPS) is 22.5. The Kier molecular flexibility index (Phi) is 7.87. The van der Waals surface area contributed by atoms with Gasteiger partial charge >= 0.3 is 0 Å². The van der Waals surface area contributed by atoms with Crippen LogP contribution in [0.3, 0.4) is 0 Å². The Hall–Kier alpha value is -0.0800. The second-order valence-electron chi connectivity index (χ2n) is 5.32. The van der Waals surface area contributed by atoms with Crippen molar-refractivity contribution in [2.75, 3.05) is 32.7 Å². The first-order valence-electron chi connectivity index (χ1n) is 7.26. The minimum absolute atomic E-state index is 0.933. The average molecular weight is 226 g/mol. The molecule has 1 fully saturated rings. The van der Waals surface area contributed by atoms with E-state index >= 15 is 0 Å². The minimum atomic E-state index is 0.933. The molecule has 1 atom stereocenters. The summed E-state index contributed by atoms with van der Waals surface area (Å²) in [4.78, 5) is 2.67. The van der Waals surface area contributed by atoms with Gasteiger partial charge in [0.1, 0.15) is 0 Å². The highest BCUT2D eigenvalue weighted by Gasteiger charge is 2.14. The summed E-state index contributed by atoms with van der Waals surface area (Å²) in [6.45, 7) is 10.9. The molecule has 0 aromatic heterocycles. The van der Waals surface area contributed by atoms with Gasteiger partial charge < -0.3 is 10.2 Å². The van der Waals surface area contributed by atoms with Crippen molar-refractivity contribution in [3.63, 3.8) is 0 Å². The Labute approximate surface area is 102 Å². The summed E-state index contributed by atoms with van der Waals surface area (Å²) in [5.41, 5.74) is 0. The minimum Gasteiger partial charge on any atom is -0.317 e. The van der Waals surface area contributed by atoms with Crippen LogP contribution in [0.1, 0.15) is 52.4 Å². The molecule has 0 saturated carbocycles. The fraction of sp³-hybridized carbons (Fsp3) is 1.00. The van der Waals surface area contributed by atoms with E-state index in [1.54, 1.807) is 0 Å². The maximum Gasteiger partial charge on any atom is 0.000703 e. The van der Waals surface area contributed by atoms with E-state index in [2.05, 4.69) is 24.1 Å². The van der Waals surface area contributed by atoms with Crippen molar-refractivity contribution < 1.29 is 0 Å². The molecule has 16 heavy (non-hydrogen) atoms. The predicted molar refractivity (Wildman–Crippen MR) is 71.8 cm³/mol. The largest absolute Gasteiger partial charge is 0.317 e. The quantitative estimate of drug-likeness (QED) is 0.640. The van der Waals surface area contributed by atoms with E-state index in [-0.39, 0.29) is 0 Å². The molecule has 0 spiro atoms. The molecule has 0 amide bonds. The third kappa shape index (κ3) is 6.49. The van der Waals surface area contributed by atoms with Crippen LogP contribution in [0, 0.1) is 5.92 Å². The van der Waals surface area contributed by atoms with Crippen molar-refractivity contribution >= 4 is 0 Å². The Balaban J connectivity index is 1.86. The molecule has 1 N–H and O–H groups in total. The first-order valence-corrected chi connectivity index (χ1v) is 7.26. The van der Waals surface area contributed by atoms with Crippen molar-refractivity contribution in [1.29, 1.82) is 0 Å². The van der Waals surface area contributed by atoms with Crippen LogP contribution >= 0.6 is 0 Å². The first-order chi connectivity index (χ1) is 7.83. The summed E-state index contributed by atoms with van der Waals surface area (Å²) in [5, 5.41) is 3.38. The van der Waals surface area contributed by atoms with E-state index in [1.165, 1.54) is 64.7 Å². The highest BCUT2D eigenvalue weighted by molar-refractivity contribution is 4.69. The van der Waals surface area contributed by atoms with Crippen LogP contribution in [0.5, 0.6) is 0 Å². The van der Waals surface area contributed by atoms with Gasteiger partial charge in [0.05, 0.1) is 0 Å². The van der Waals surface area contributed by atoms with Gasteiger partial charge in [0.2, 0.25) is 0 Å². The van der Waals surface area contributed by atoms with Crippen molar-refractivity contribution in [2.45, 2.75) is 52.4 Å². The molecule has 0 aliphatic carbocycles. The molecule has 2 nitrogen and oxygen atoms in total. The number of unbranched alkanes of at least 4 members (excludes halogenated alkanes) is 3. The molecule has 1 aliphatic rings.